The highest BCUT2D eigenvalue weighted by molar-refractivity contribution is 5.83. The van der Waals surface area contributed by atoms with Crippen LogP contribution in [0.25, 0.3) is 10.8 Å². The first-order valence-electron chi connectivity index (χ1n) is 7.20. The molecule has 0 spiro atoms. The number of aliphatic hydroxyl groups excluding tert-OH is 1. The van der Waals surface area contributed by atoms with Crippen molar-refractivity contribution in [3.63, 3.8) is 0 Å². The van der Waals surface area contributed by atoms with E-state index in [1.54, 1.807) is 0 Å². The second-order valence-electron chi connectivity index (χ2n) is 5.39. The third-order valence-electron chi connectivity index (χ3n) is 3.86. The lowest BCUT2D eigenvalue weighted by Crippen LogP contribution is -2.28. The topological polar surface area (TPSA) is 46.2 Å². The van der Waals surface area contributed by atoms with Crippen LogP contribution in [0.5, 0.6) is 0 Å². The molecule has 0 fully saturated rings. The molecular weight excluding hydrogens is 258 g/mol. The molecule has 3 aromatic carbocycles. The minimum Gasteiger partial charge on any atom is -0.391 e. The number of rotatable bonds is 4. The van der Waals surface area contributed by atoms with E-state index < -0.39 is 6.10 Å². The van der Waals surface area contributed by atoms with Crippen LogP contribution in [0.3, 0.4) is 0 Å². The SMILES string of the molecule is N[C@@H](c1ccc2ccccc2c1)[C@H](O)Cc1ccccc1. The molecule has 0 bridgehead atoms. The first-order valence-corrected chi connectivity index (χ1v) is 7.20. The van der Waals surface area contributed by atoms with Crippen LogP contribution >= 0.6 is 0 Å². The van der Waals surface area contributed by atoms with Gasteiger partial charge in [0.25, 0.3) is 0 Å². The van der Waals surface area contributed by atoms with Crippen molar-refractivity contribution in [3.8, 4) is 0 Å². The molecule has 0 saturated carbocycles. The van der Waals surface area contributed by atoms with Crippen molar-refractivity contribution >= 4 is 10.8 Å². The molecule has 2 heteroatoms. The minimum atomic E-state index is -0.589. The second kappa shape index (κ2) is 6.08. The zero-order valence-corrected chi connectivity index (χ0v) is 11.8. The lowest BCUT2D eigenvalue weighted by atomic mass is 9.95. The van der Waals surface area contributed by atoms with E-state index in [9.17, 15) is 5.11 Å². The summed E-state index contributed by atoms with van der Waals surface area (Å²) in [4.78, 5) is 0. The fraction of sp³-hybridized carbons (Fsp3) is 0.158. The van der Waals surface area contributed by atoms with Gasteiger partial charge >= 0.3 is 0 Å². The highest BCUT2D eigenvalue weighted by atomic mass is 16.3. The molecule has 0 heterocycles. The van der Waals surface area contributed by atoms with Crippen LogP contribution in [0.15, 0.2) is 72.8 Å². The Balaban J connectivity index is 1.80. The Hall–Kier alpha value is -2.16. The predicted molar refractivity (Wildman–Crippen MR) is 87.0 cm³/mol. The minimum absolute atomic E-state index is 0.380. The first-order chi connectivity index (χ1) is 10.2. The highest BCUT2D eigenvalue weighted by Gasteiger charge is 2.17. The van der Waals surface area contributed by atoms with Gasteiger partial charge in [0.05, 0.1) is 12.1 Å². The summed E-state index contributed by atoms with van der Waals surface area (Å²) in [5.74, 6) is 0. The van der Waals surface area contributed by atoms with Gasteiger partial charge in [-0.1, -0.05) is 66.7 Å². The number of nitrogens with two attached hydrogens (primary N) is 1. The van der Waals surface area contributed by atoms with Gasteiger partial charge in [0.2, 0.25) is 0 Å². The number of hydrogen-bond donors (Lipinski definition) is 2. The number of hydrogen-bond acceptors (Lipinski definition) is 2. The Kier molecular flexibility index (Phi) is 4.00. The van der Waals surface area contributed by atoms with Crippen LogP contribution in [0.1, 0.15) is 17.2 Å². The lowest BCUT2D eigenvalue weighted by molar-refractivity contribution is 0.145. The van der Waals surface area contributed by atoms with Gasteiger partial charge in [0, 0.05) is 6.42 Å². The molecule has 21 heavy (non-hydrogen) atoms. The Morgan fingerprint density at radius 1 is 0.810 bits per heavy atom. The van der Waals surface area contributed by atoms with E-state index in [1.807, 2.05) is 48.5 Å². The normalized spacial score (nSPS) is 14.0. The second-order valence-corrected chi connectivity index (χ2v) is 5.39. The molecule has 0 unspecified atom stereocenters. The van der Waals surface area contributed by atoms with Gasteiger partial charge < -0.3 is 10.8 Å². The fourth-order valence-corrected chi connectivity index (χ4v) is 2.62. The summed E-state index contributed by atoms with van der Waals surface area (Å²) in [7, 11) is 0. The van der Waals surface area contributed by atoms with Crippen molar-refractivity contribution in [3.05, 3.63) is 83.9 Å². The van der Waals surface area contributed by atoms with Gasteiger partial charge in [-0.15, -0.1) is 0 Å². The van der Waals surface area contributed by atoms with Gasteiger partial charge in [-0.25, -0.2) is 0 Å². The van der Waals surface area contributed by atoms with Crippen molar-refractivity contribution in [1.82, 2.24) is 0 Å². The quantitative estimate of drug-likeness (QED) is 0.767. The fourth-order valence-electron chi connectivity index (χ4n) is 2.62. The molecule has 2 atom stereocenters. The van der Waals surface area contributed by atoms with E-state index in [-0.39, 0.29) is 6.04 Å². The zero-order chi connectivity index (χ0) is 14.7. The average molecular weight is 277 g/mol. The van der Waals surface area contributed by atoms with Crippen LogP contribution in [0, 0.1) is 0 Å². The van der Waals surface area contributed by atoms with E-state index >= 15 is 0 Å². The summed E-state index contributed by atoms with van der Waals surface area (Å²) < 4.78 is 0. The van der Waals surface area contributed by atoms with Crippen LogP contribution in [0.2, 0.25) is 0 Å². The average Bonchev–Trinajstić information content (AvgIpc) is 2.54. The first kappa shape index (κ1) is 13.8. The van der Waals surface area contributed by atoms with Gasteiger partial charge in [0.1, 0.15) is 0 Å². The van der Waals surface area contributed by atoms with E-state index in [1.165, 1.54) is 5.39 Å². The van der Waals surface area contributed by atoms with E-state index in [2.05, 4.69) is 24.3 Å². The monoisotopic (exact) mass is 277 g/mol. The largest absolute Gasteiger partial charge is 0.391 e. The number of benzene rings is 3. The summed E-state index contributed by atoms with van der Waals surface area (Å²) >= 11 is 0. The summed E-state index contributed by atoms with van der Waals surface area (Å²) in [5, 5.41) is 12.7. The standard InChI is InChI=1S/C19H19NO/c20-19(18(21)12-14-6-2-1-3-7-14)17-11-10-15-8-4-5-9-16(15)13-17/h1-11,13,18-19,21H,12,20H2/t18-,19+/m1/s1. The summed E-state index contributed by atoms with van der Waals surface area (Å²) in [5.41, 5.74) is 8.30. The van der Waals surface area contributed by atoms with E-state index in [0.29, 0.717) is 6.42 Å². The van der Waals surface area contributed by atoms with Crippen molar-refractivity contribution < 1.29 is 5.11 Å². The molecule has 0 aliphatic rings. The third-order valence-corrected chi connectivity index (χ3v) is 3.86. The van der Waals surface area contributed by atoms with Gasteiger partial charge in [-0.2, -0.15) is 0 Å². The van der Waals surface area contributed by atoms with E-state index in [0.717, 1.165) is 16.5 Å². The molecule has 2 nitrogen and oxygen atoms in total. The van der Waals surface area contributed by atoms with Crippen molar-refractivity contribution in [2.75, 3.05) is 0 Å². The van der Waals surface area contributed by atoms with Crippen LogP contribution in [-0.4, -0.2) is 11.2 Å². The molecule has 106 valence electrons. The predicted octanol–water partition coefficient (Wildman–Crippen LogP) is 3.44. The maximum absolute atomic E-state index is 10.4. The lowest BCUT2D eigenvalue weighted by Gasteiger charge is -2.20. The summed E-state index contributed by atoms with van der Waals surface area (Å²) in [6.07, 6.45) is -0.0250. The molecule has 3 aromatic rings. The number of aliphatic hydroxyl groups is 1. The Labute approximate surface area is 124 Å². The third kappa shape index (κ3) is 3.13. The molecule has 0 amide bonds. The Morgan fingerprint density at radius 3 is 2.24 bits per heavy atom. The molecule has 0 aromatic heterocycles. The molecule has 3 rings (SSSR count). The Bertz CT molecular complexity index is 724. The van der Waals surface area contributed by atoms with Gasteiger partial charge in [-0.05, 0) is 28.0 Å². The zero-order valence-electron chi connectivity index (χ0n) is 11.8. The van der Waals surface area contributed by atoms with Crippen LogP contribution in [-0.2, 0) is 6.42 Å². The van der Waals surface area contributed by atoms with E-state index in [4.69, 9.17) is 5.73 Å². The van der Waals surface area contributed by atoms with Crippen molar-refractivity contribution in [2.24, 2.45) is 5.73 Å². The van der Waals surface area contributed by atoms with Crippen molar-refractivity contribution in [2.45, 2.75) is 18.6 Å². The molecule has 0 saturated heterocycles. The number of fused-ring (bicyclic) bond motifs is 1. The van der Waals surface area contributed by atoms with Gasteiger partial charge in [-0.3, -0.25) is 0 Å². The summed E-state index contributed by atoms with van der Waals surface area (Å²) in [6.45, 7) is 0. The maximum Gasteiger partial charge on any atom is 0.0773 e. The summed E-state index contributed by atoms with van der Waals surface area (Å²) in [6, 6.07) is 23.9. The smallest absolute Gasteiger partial charge is 0.0773 e. The van der Waals surface area contributed by atoms with Crippen LogP contribution < -0.4 is 5.73 Å². The molecule has 3 N–H and O–H groups in total. The maximum atomic E-state index is 10.4. The van der Waals surface area contributed by atoms with Crippen LogP contribution in [0.4, 0.5) is 0 Å². The Morgan fingerprint density at radius 2 is 1.48 bits per heavy atom. The van der Waals surface area contributed by atoms with Crippen molar-refractivity contribution in [1.29, 1.82) is 0 Å². The molecule has 0 aliphatic carbocycles. The molecule has 0 radical (unpaired) electrons. The van der Waals surface area contributed by atoms with Gasteiger partial charge in [0.15, 0.2) is 0 Å². The highest BCUT2D eigenvalue weighted by Crippen LogP contribution is 2.22. The molecular formula is C19H19NO. The molecule has 0 aliphatic heterocycles.